The Morgan fingerprint density at radius 2 is 2.00 bits per heavy atom. The number of carbonyl (C=O) groups is 1. The van der Waals surface area contributed by atoms with Crippen molar-refractivity contribution in [3.63, 3.8) is 0 Å². The molecule has 3 unspecified atom stereocenters. The Labute approximate surface area is 88.7 Å². The number of aliphatic hydroxyl groups excluding tert-OH is 1. The summed E-state index contributed by atoms with van der Waals surface area (Å²) in [5, 5.41) is 20.6. The molecule has 0 saturated carbocycles. The molecule has 0 aliphatic carbocycles. The van der Waals surface area contributed by atoms with Crippen molar-refractivity contribution >= 4 is 15.9 Å². The van der Waals surface area contributed by atoms with E-state index in [1.165, 1.54) is 6.92 Å². The third kappa shape index (κ3) is 7.25. The molecule has 0 aromatic heterocycles. The maximum atomic E-state index is 10.6. The van der Waals surface area contributed by atoms with Crippen molar-refractivity contribution in [1.29, 1.82) is 0 Å². The van der Waals surface area contributed by atoms with Crippen molar-refractivity contribution < 1.29 is 15.0 Å². The van der Waals surface area contributed by atoms with Gasteiger partial charge in [0.15, 0.2) is 0 Å². The van der Waals surface area contributed by atoms with Crippen LogP contribution in [-0.2, 0) is 4.79 Å². The second-order valence-corrected chi connectivity index (χ2v) is 3.22. The number of rotatable bonds is 7. The zero-order chi connectivity index (χ0) is 10.3. The minimum atomic E-state index is -0.994. The molecule has 14 heavy (non-hydrogen) atoms. The van der Waals surface area contributed by atoms with Crippen LogP contribution in [0, 0.1) is 0 Å². The van der Waals surface area contributed by atoms with Gasteiger partial charge >= 0.3 is 5.97 Å². The lowest BCUT2D eigenvalue weighted by Gasteiger charge is -2.16. The Balaban J connectivity index is 0. The number of carboxylic acids is 1. The molecular formula is C9H22NO3P. The van der Waals surface area contributed by atoms with E-state index in [2.05, 4.69) is 12.2 Å². The summed E-state index contributed by atoms with van der Waals surface area (Å²) in [6, 6.07) is -0.836. The first-order valence-electron chi connectivity index (χ1n) is 4.73. The van der Waals surface area contributed by atoms with Crippen LogP contribution in [0.2, 0.25) is 0 Å². The van der Waals surface area contributed by atoms with E-state index in [1.54, 1.807) is 0 Å². The van der Waals surface area contributed by atoms with E-state index in [-0.39, 0.29) is 9.90 Å². The first kappa shape index (κ1) is 16.3. The highest BCUT2D eigenvalue weighted by Crippen LogP contribution is 1.96. The fourth-order valence-corrected chi connectivity index (χ4v) is 1.10. The maximum Gasteiger partial charge on any atom is 0.323 e. The summed E-state index contributed by atoms with van der Waals surface area (Å²) in [5.74, 6) is -0.994. The van der Waals surface area contributed by atoms with Gasteiger partial charge in [-0.3, -0.25) is 4.79 Å². The molecule has 0 saturated heterocycles. The molecule has 86 valence electrons. The summed E-state index contributed by atoms with van der Waals surface area (Å²) >= 11 is 0. The van der Waals surface area contributed by atoms with Gasteiger partial charge in [-0.15, -0.1) is 0 Å². The van der Waals surface area contributed by atoms with Gasteiger partial charge in [-0.1, -0.05) is 19.8 Å². The quantitative estimate of drug-likeness (QED) is 0.438. The molecule has 5 heteroatoms. The molecule has 0 spiro atoms. The molecule has 0 aliphatic heterocycles. The number of carboxylic acid groups (broad SMARTS) is 1. The fourth-order valence-electron chi connectivity index (χ4n) is 1.10. The van der Waals surface area contributed by atoms with Crippen molar-refractivity contribution in [1.82, 2.24) is 5.32 Å². The lowest BCUT2D eigenvalue weighted by atomic mass is 10.1. The summed E-state index contributed by atoms with van der Waals surface area (Å²) in [6.07, 6.45) is 2.29. The number of aliphatic carboxylic acids is 1. The summed E-state index contributed by atoms with van der Waals surface area (Å²) < 4.78 is 0. The second kappa shape index (κ2) is 9.38. The minimum Gasteiger partial charge on any atom is -0.480 e. The van der Waals surface area contributed by atoms with Crippen LogP contribution in [0.5, 0.6) is 0 Å². The van der Waals surface area contributed by atoms with Crippen LogP contribution in [0.25, 0.3) is 0 Å². The largest absolute Gasteiger partial charge is 0.480 e. The van der Waals surface area contributed by atoms with Crippen LogP contribution in [0.15, 0.2) is 0 Å². The average Bonchev–Trinajstić information content (AvgIpc) is 2.02. The van der Waals surface area contributed by atoms with Crippen LogP contribution >= 0.6 is 9.90 Å². The van der Waals surface area contributed by atoms with E-state index in [4.69, 9.17) is 10.2 Å². The molecule has 0 rings (SSSR count). The SMILES string of the molecule is CCCCCNC(C(=O)O)C(C)O.P. The molecule has 0 radical (unpaired) electrons. The van der Waals surface area contributed by atoms with Crippen LogP contribution < -0.4 is 5.32 Å². The fraction of sp³-hybridized carbons (Fsp3) is 0.889. The maximum absolute atomic E-state index is 10.6. The predicted molar refractivity (Wildman–Crippen MR) is 61.7 cm³/mol. The zero-order valence-electron chi connectivity index (χ0n) is 8.99. The Kier molecular flexibility index (Phi) is 10.9. The molecule has 0 bridgehead atoms. The normalized spacial score (nSPS) is 14.2. The van der Waals surface area contributed by atoms with E-state index >= 15 is 0 Å². The van der Waals surface area contributed by atoms with E-state index in [0.717, 1.165) is 19.3 Å². The molecule has 4 nitrogen and oxygen atoms in total. The molecule has 0 aromatic carbocycles. The van der Waals surface area contributed by atoms with Crippen molar-refractivity contribution in [3.8, 4) is 0 Å². The Morgan fingerprint density at radius 1 is 1.43 bits per heavy atom. The number of unbranched alkanes of at least 4 members (excludes halogenated alkanes) is 2. The monoisotopic (exact) mass is 223 g/mol. The molecule has 0 heterocycles. The second-order valence-electron chi connectivity index (χ2n) is 3.22. The smallest absolute Gasteiger partial charge is 0.323 e. The number of nitrogens with one attached hydrogen (secondary N) is 1. The summed E-state index contributed by atoms with van der Waals surface area (Å²) in [7, 11) is 0. The standard InChI is InChI=1S/C9H19NO3.H3P/c1-3-4-5-6-10-8(7(2)11)9(12)13;/h7-8,10-11H,3-6H2,1-2H3,(H,12,13);1H3. The van der Waals surface area contributed by atoms with Gasteiger partial charge in [0.1, 0.15) is 6.04 Å². The van der Waals surface area contributed by atoms with E-state index in [0.29, 0.717) is 6.54 Å². The molecule has 0 fully saturated rings. The van der Waals surface area contributed by atoms with Gasteiger partial charge in [0.25, 0.3) is 0 Å². The molecule has 0 aliphatic rings. The van der Waals surface area contributed by atoms with E-state index < -0.39 is 18.1 Å². The number of aliphatic hydroxyl groups is 1. The van der Waals surface area contributed by atoms with Gasteiger partial charge in [0, 0.05) is 0 Å². The van der Waals surface area contributed by atoms with Gasteiger partial charge in [-0.25, -0.2) is 0 Å². The third-order valence-corrected chi connectivity index (χ3v) is 1.89. The molecule has 3 atom stereocenters. The van der Waals surface area contributed by atoms with Gasteiger partial charge < -0.3 is 15.5 Å². The van der Waals surface area contributed by atoms with Crippen LogP contribution in [0.4, 0.5) is 0 Å². The zero-order valence-corrected chi connectivity index (χ0v) is 10.4. The van der Waals surface area contributed by atoms with Crippen LogP contribution in [0.3, 0.4) is 0 Å². The van der Waals surface area contributed by atoms with E-state index in [1.807, 2.05) is 0 Å². The highest BCUT2D eigenvalue weighted by molar-refractivity contribution is 6.92. The minimum absolute atomic E-state index is 0. The average molecular weight is 223 g/mol. The van der Waals surface area contributed by atoms with Crippen LogP contribution in [-0.4, -0.2) is 34.9 Å². The Morgan fingerprint density at radius 3 is 2.36 bits per heavy atom. The molecule has 0 aromatic rings. The summed E-state index contributed by atoms with van der Waals surface area (Å²) in [4.78, 5) is 10.6. The van der Waals surface area contributed by atoms with Crippen molar-refractivity contribution in [2.45, 2.75) is 45.3 Å². The molecular weight excluding hydrogens is 201 g/mol. The van der Waals surface area contributed by atoms with Gasteiger partial charge in [0.05, 0.1) is 6.10 Å². The lowest BCUT2D eigenvalue weighted by Crippen LogP contribution is -2.45. The van der Waals surface area contributed by atoms with Crippen molar-refractivity contribution in [2.24, 2.45) is 0 Å². The predicted octanol–water partition coefficient (Wildman–Crippen LogP) is 0.658. The molecule has 0 amide bonds. The number of hydrogen-bond acceptors (Lipinski definition) is 3. The first-order chi connectivity index (χ1) is 6.09. The van der Waals surface area contributed by atoms with E-state index in [9.17, 15) is 4.79 Å². The summed E-state index contributed by atoms with van der Waals surface area (Å²) in [5.41, 5.74) is 0. The van der Waals surface area contributed by atoms with Gasteiger partial charge in [0.2, 0.25) is 0 Å². The van der Waals surface area contributed by atoms with Crippen molar-refractivity contribution in [3.05, 3.63) is 0 Å². The van der Waals surface area contributed by atoms with Gasteiger partial charge in [-0.05, 0) is 19.9 Å². The Hall–Kier alpha value is -0.180. The summed E-state index contributed by atoms with van der Waals surface area (Å²) in [6.45, 7) is 4.21. The number of hydrogen-bond donors (Lipinski definition) is 3. The van der Waals surface area contributed by atoms with Crippen LogP contribution in [0.1, 0.15) is 33.1 Å². The van der Waals surface area contributed by atoms with Crippen molar-refractivity contribution in [2.75, 3.05) is 6.54 Å². The van der Waals surface area contributed by atoms with Gasteiger partial charge in [-0.2, -0.15) is 9.90 Å². The third-order valence-electron chi connectivity index (χ3n) is 1.89. The lowest BCUT2D eigenvalue weighted by molar-refractivity contribution is -0.142. The highest BCUT2D eigenvalue weighted by atomic mass is 31.0. The topological polar surface area (TPSA) is 69.6 Å². The highest BCUT2D eigenvalue weighted by Gasteiger charge is 2.21. The molecule has 3 N–H and O–H groups in total. The first-order valence-corrected chi connectivity index (χ1v) is 4.73. The Bertz CT molecular complexity index is 153.